The lowest BCUT2D eigenvalue weighted by Gasteiger charge is -2.12. The topological polar surface area (TPSA) is 119 Å². The zero-order chi connectivity index (χ0) is 14.7. The molecule has 0 aromatic carbocycles. The number of fused-ring (bicyclic) bond motifs is 1. The normalized spacial score (nSPS) is 13.6. The van der Waals surface area contributed by atoms with Gasteiger partial charge in [0.05, 0.1) is 25.2 Å². The molecule has 2 heterocycles. The van der Waals surface area contributed by atoms with E-state index in [1.54, 1.807) is 0 Å². The number of ether oxygens (including phenoxy) is 1. The molecule has 1 aliphatic rings. The molecule has 0 unspecified atom stereocenters. The van der Waals surface area contributed by atoms with Crippen LogP contribution in [0.4, 0.5) is 5.00 Å². The molecule has 0 bridgehead atoms. The second-order valence-electron chi connectivity index (χ2n) is 4.32. The summed E-state index contributed by atoms with van der Waals surface area (Å²) in [4.78, 5) is 34.5. The van der Waals surface area contributed by atoms with Crippen LogP contribution in [0, 0.1) is 0 Å². The first-order valence-electron chi connectivity index (χ1n) is 6.02. The van der Waals surface area contributed by atoms with Crippen molar-refractivity contribution in [2.75, 3.05) is 11.9 Å². The van der Waals surface area contributed by atoms with Crippen LogP contribution in [-0.2, 0) is 27.4 Å². The molecule has 0 spiro atoms. The Morgan fingerprint density at radius 3 is 2.75 bits per heavy atom. The Bertz CT molecular complexity index is 566. The highest BCUT2D eigenvalue weighted by atomic mass is 32.1. The number of carbonyl (C=O) groups is 3. The van der Waals surface area contributed by atoms with Gasteiger partial charge >= 0.3 is 5.97 Å². The van der Waals surface area contributed by atoms with Crippen molar-refractivity contribution < 1.29 is 24.2 Å². The summed E-state index contributed by atoms with van der Waals surface area (Å²) in [5, 5.41) is 11.5. The van der Waals surface area contributed by atoms with Crippen LogP contribution < -0.4 is 11.1 Å². The van der Waals surface area contributed by atoms with Gasteiger partial charge in [0.15, 0.2) is 0 Å². The van der Waals surface area contributed by atoms with Gasteiger partial charge in [-0.15, -0.1) is 11.3 Å². The fraction of sp³-hybridized carbons (Fsp3) is 0.417. The maximum Gasteiger partial charge on any atom is 0.303 e. The quantitative estimate of drug-likeness (QED) is 0.740. The Morgan fingerprint density at radius 1 is 1.35 bits per heavy atom. The van der Waals surface area contributed by atoms with Crippen molar-refractivity contribution in [1.29, 1.82) is 0 Å². The number of anilines is 1. The van der Waals surface area contributed by atoms with Crippen molar-refractivity contribution in [3.05, 3.63) is 16.0 Å². The fourth-order valence-electron chi connectivity index (χ4n) is 1.99. The predicted octanol–water partition coefficient (Wildman–Crippen LogP) is 0.723. The van der Waals surface area contributed by atoms with Gasteiger partial charge in [-0.25, -0.2) is 0 Å². The summed E-state index contributed by atoms with van der Waals surface area (Å²) in [5.41, 5.74) is 6.50. The molecule has 108 valence electrons. The lowest BCUT2D eigenvalue weighted by molar-refractivity contribution is -0.138. The van der Waals surface area contributed by atoms with Crippen LogP contribution in [0.1, 0.15) is 33.6 Å². The number of nitrogens with two attached hydrogens (primary N) is 1. The summed E-state index contributed by atoms with van der Waals surface area (Å²) in [5.74, 6) is -2.10. The Balaban J connectivity index is 2.18. The number of primary amides is 1. The molecule has 2 amide bonds. The molecule has 0 saturated carbocycles. The zero-order valence-electron chi connectivity index (χ0n) is 10.6. The molecule has 7 nitrogen and oxygen atoms in total. The summed E-state index contributed by atoms with van der Waals surface area (Å²) in [6, 6.07) is 0. The molecule has 2 rings (SSSR count). The van der Waals surface area contributed by atoms with Crippen molar-refractivity contribution in [2.24, 2.45) is 5.73 Å². The van der Waals surface area contributed by atoms with Crippen molar-refractivity contribution in [2.45, 2.75) is 25.9 Å². The molecule has 0 aliphatic carbocycles. The maximum absolute atomic E-state index is 11.7. The fourth-order valence-corrected chi connectivity index (χ4v) is 3.20. The second kappa shape index (κ2) is 6.02. The van der Waals surface area contributed by atoms with Crippen molar-refractivity contribution in [3.63, 3.8) is 0 Å². The van der Waals surface area contributed by atoms with E-state index in [0.717, 1.165) is 10.4 Å². The number of rotatable bonds is 5. The molecule has 20 heavy (non-hydrogen) atoms. The maximum atomic E-state index is 11.7. The van der Waals surface area contributed by atoms with Crippen LogP contribution in [0.2, 0.25) is 0 Å². The molecule has 0 saturated heterocycles. The zero-order valence-corrected chi connectivity index (χ0v) is 11.4. The lowest BCUT2D eigenvalue weighted by atomic mass is 10.1. The van der Waals surface area contributed by atoms with Gasteiger partial charge in [0, 0.05) is 11.3 Å². The SMILES string of the molecule is NC(=O)c1c(NC(=O)CCC(=O)O)sc2c1CCOC2. The number of hydrogen-bond donors (Lipinski definition) is 3. The number of nitrogens with one attached hydrogen (secondary N) is 1. The molecule has 1 aromatic heterocycles. The van der Waals surface area contributed by atoms with Gasteiger partial charge in [0.1, 0.15) is 5.00 Å². The van der Waals surface area contributed by atoms with Gasteiger partial charge in [-0.05, 0) is 12.0 Å². The Labute approximate surface area is 118 Å². The third-order valence-corrected chi connectivity index (χ3v) is 4.01. The number of thiophene rings is 1. The highest BCUT2D eigenvalue weighted by molar-refractivity contribution is 7.17. The second-order valence-corrected chi connectivity index (χ2v) is 5.42. The average molecular weight is 298 g/mol. The first-order chi connectivity index (χ1) is 9.49. The van der Waals surface area contributed by atoms with E-state index in [0.29, 0.717) is 30.2 Å². The third kappa shape index (κ3) is 3.14. The van der Waals surface area contributed by atoms with E-state index in [1.807, 2.05) is 0 Å². The first-order valence-corrected chi connectivity index (χ1v) is 6.84. The average Bonchev–Trinajstić information content (AvgIpc) is 2.74. The highest BCUT2D eigenvalue weighted by Crippen LogP contribution is 2.36. The van der Waals surface area contributed by atoms with E-state index in [4.69, 9.17) is 15.6 Å². The molecule has 1 aromatic rings. The highest BCUT2D eigenvalue weighted by Gasteiger charge is 2.25. The summed E-state index contributed by atoms with van der Waals surface area (Å²) >= 11 is 1.25. The summed E-state index contributed by atoms with van der Waals surface area (Å²) in [7, 11) is 0. The summed E-state index contributed by atoms with van der Waals surface area (Å²) < 4.78 is 5.30. The molecular weight excluding hydrogens is 284 g/mol. The minimum Gasteiger partial charge on any atom is -0.481 e. The summed E-state index contributed by atoms with van der Waals surface area (Å²) in [6.07, 6.45) is 0.174. The number of carboxylic acids is 1. The van der Waals surface area contributed by atoms with E-state index in [-0.39, 0.29) is 12.8 Å². The summed E-state index contributed by atoms with van der Waals surface area (Å²) in [6.45, 7) is 0.904. The van der Waals surface area contributed by atoms with Crippen LogP contribution in [0.3, 0.4) is 0 Å². The van der Waals surface area contributed by atoms with Crippen molar-refractivity contribution in [1.82, 2.24) is 0 Å². The Kier molecular flexibility index (Phi) is 4.35. The molecule has 1 aliphatic heterocycles. The molecule has 0 radical (unpaired) electrons. The number of amides is 2. The minimum atomic E-state index is -1.05. The number of hydrogen-bond acceptors (Lipinski definition) is 5. The van der Waals surface area contributed by atoms with Crippen molar-refractivity contribution in [3.8, 4) is 0 Å². The van der Waals surface area contributed by atoms with Gasteiger partial charge in [-0.1, -0.05) is 0 Å². The van der Waals surface area contributed by atoms with Crippen molar-refractivity contribution >= 4 is 34.1 Å². The van der Waals surface area contributed by atoms with E-state index >= 15 is 0 Å². The van der Waals surface area contributed by atoms with Gasteiger partial charge < -0.3 is 20.9 Å². The number of carbonyl (C=O) groups excluding carboxylic acids is 2. The van der Waals surface area contributed by atoms with Crippen LogP contribution in [0.5, 0.6) is 0 Å². The van der Waals surface area contributed by atoms with Gasteiger partial charge in [0.2, 0.25) is 5.91 Å². The van der Waals surface area contributed by atoms with Gasteiger partial charge in [-0.2, -0.15) is 0 Å². The van der Waals surface area contributed by atoms with E-state index < -0.39 is 17.8 Å². The predicted molar refractivity (Wildman–Crippen MR) is 71.7 cm³/mol. The number of carboxylic acid groups (broad SMARTS) is 1. The minimum absolute atomic E-state index is 0.146. The molecular formula is C12H14N2O5S. The molecule has 0 atom stereocenters. The molecule has 0 fully saturated rings. The Morgan fingerprint density at radius 2 is 2.10 bits per heavy atom. The standard InChI is InChI=1S/C12H14N2O5S/c13-11(18)10-6-3-4-19-5-7(6)20-12(10)14-8(15)1-2-9(16)17/h1-5H2,(H2,13,18)(H,14,15)(H,16,17). The van der Waals surface area contributed by atoms with E-state index in [9.17, 15) is 14.4 Å². The van der Waals surface area contributed by atoms with Crippen LogP contribution >= 0.6 is 11.3 Å². The Hall–Kier alpha value is -1.93. The largest absolute Gasteiger partial charge is 0.481 e. The smallest absolute Gasteiger partial charge is 0.303 e. The van der Waals surface area contributed by atoms with Gasteiger partial charge in [-0.3, -0.25) is 14.4 Å². The molecule has 4 N–H and O–H groups in total. The lowest BCUT2D eigenvalue weighted by Crippen LogP contribution is -2.19. The third-order valence-electron chi connectivity index (χ3n) is 2.89. The van der Waals surface area contributed by atoms with Gasteiger partial charge in [0.25, 0.3) is 5.91 Å². The molecule has 8 heteroatoms. The van der Waals surface area contributed by atoms with E-state index in [1.165, 1.54) is 11.3 Å². The van der Waals surface area contributed by atoms with Crippen LogP contribution in [-0.4, -0.2) is 29.5 Å². The van der Waals surface area contributed by atoms with Crippen LogP contribution in [0.15, 0.2) is 0 Å². The monoisotopic (exact) mass is 298 g/mol. The van der Waals surface area contributed by atoms with E-state index in [2.05, 4.69) is 5.32 Å². The number of aliphatic carboxylic acids is 1. The van der Waals surface area contributed by atoms with Crippen LogP contribution in [0.25, 0.3) is 0 Å². The first kappa shape index (κ1) is 14.5.